The number of halogens is 3. The van der Waals surface area contributed by atoms with Crippen molar-refractivity contribution in [3.8, 4) is 0 Å². The van der Waals surface area contributed by atoms with E-state index < -0.39 is 35.9 Å². The van der Waals surface area contributed by atoms with Crippen molar-refractivity contribution in [2.45, 2.75) is 51.6 Å². The Balaban J connectivity index is 2.33. The van der Waals surface area contributed by atoms with Crippen LogP contribution < -0.4 is 0 Å². The number of alkyl halides is 3. The Morgan fingerprint density at radius 3 is 2.45 bits per heavy atom. The van der Waals surface area contributed by atoms with E-state index >= 15 is 0 Å². The van der Waals surface area contributed by atoms with E-state index in [1.54, 1.807) is 6.92 Å². The lowest BCUT2D eigenvalue weighted by molar-refractivity contribution is -0.234. The van der Waals surface area contributed by atoms with E-state index in [-0.39, 0.29) is 38.7 Å². The molecule has 2 atom stereocenters. The molecule has 0 aliphatic carbocycles. The molecule has 1 aliphatic rings. The molecule has 1 heterocycles. The molecule has 1 aliphatic heterocycles. The number of cyclic esters (lactones) is 1. The molecule has 1 aromatic carbocycles. The molecule has 1 fully saturated rings. The second-order valence-electron chi connectivity index (χ2n) is 7.29. The van der Waals surface area contributed by atoms with Crippen LogP contribution in [-0.2, 0) is 20.7 Å². The van der Waals surface area contributed by atoms with Gasteiger partial charge in [0.25, 0.3) is 0 Å². The van der Waals surface area contributed by atoms with Crippen molar-refractivity contribution in [2.24, 2.45) is 11.3 Å². The Kier molecular flexibility index (Phi) is 7.81. The van der Waals surface area contributed by atoms with Crippen LogP contribution in [0.15, 0.2) is 30.3 Å². The van der Waals surface area contributed by atoms with Crippen molar-refractivity contribution in [1.82, 2.24) is 4.90 Å². The van der Waals surface area contributed by atoms with Crippen LogP contribution in [0.5, 0.6) is 0 Å². The van der Waals surface area contributed by atoms with Gasteiger partial charge in [-0.2, -0.15) is 13.2 Å². The number of amides is 2. The molecular formula is C21H26F3NO4. The van der Waals surface area contributed by atoms with Gasteiger partial charge in [0.2, 0.25) is 5.91 Å². The number of imide groups is 1. The molecule has 2 rings (SSSR count). The van der Waals surface area contributed by atoms with E-state index in [1.807, 2.05) is 30.3 Å². The third-order valence-electron chi connectivity index (χ3n) is 5.43. The van der Waals surface area contributed by atoms with Gasteiger partial charge in [0.15, 0.2) is 0 Å². The number of unbranched alkanes of at least 4 members (excludes halogenated alkanes) is 1. The molecule has 29 heavy (non-hydrogen) atoms. The summed E-state index contributed by atoms with van der Waals surface area (Å²) in [6.45, 7) is 1.56. The summed E-state index contributed by atoms with van der Waals surface area (Å²) >= 11 is 0. The van der Waals surface area contributed by atoms with Crippen molar-refractivity contribution < 1.29 is 32.3 Å². The van der Waals surface area contributed by atoms with Crippen molar-refractivity contribution in [3.63, 3.8) is 0 Å². The summed E-state index contributed by atoms with van der Waals surface area (Å²) in [5.74, 6) is -2.65. The zero-order valence-electron chi connectivity index (χ0n) is 16.4. The fourth-order valence-electron chi connectivity index (χ4n) is 3.73. The molecule has 0 radical (unpaired) electrons. The van der Waals surface area contributed by atoms with Gasteiger partial charge >= 0.3 is 12.3 Å². The number of aryl methyl sites for hydroxylation is 1. The van der Waals surface area contributed by atoms with Crippen LogP contribution in [0.3, 0.4) is 0 Å². The molecule has 0 saturated carbocycles. The Morgan fingerprint density at radius 2 is 1.93 bits per heavy atom. The number of hydrogen-bond donors (Lipinski definition) is 0. The van der Waals surface area contributed by atoms with E-state index in [4.69, 9.17) is 4.74 Å². The van der Waals surface area contributed by atoms with E-state index in [9.17, 15) is 27.6 Å². The number of nitrogens with zero attached hydrogens (tertiary/aromatic N) is 1. The molecule has 2 amide bonds. The summed E-state index contributed by atoms with van der Waals surface area (Å²) in [6.07, 6.45) is -5.29. The molecule has 0 spiro atoms. The zero-order valence-corrected chi connectivity index (χ0v) is 16.4. The maximum Gasteiger partial charge on any atom is 0.416 e. The molecule has 5 nitrogen and oxygen atoms in total. The number of carbonyl (C=O) groups excluding carboxylic acids is 3. The standard InChI is InChI=1S/C21H26F3NO4/c1-2-3-12-20(15-26,21(22,23)24)17(18(27)25-13-14-29-19(25)28)11-7-10-16-8-5-4-6-9-16/h4-6,8-9,15,17H,2-3,7,10-14H2,1H3/t17-,20-/m1/s1. The number of aldehydes is 1. The first-order valence-corrected chi connectivity index (χ1v) is 9.82. The van der Waals surface area contributed by atoms with Gasteiger partial charge in [-0.15, -0.1) is 0 Å². The van der Waals surface area contributed by atoms with Crippen molar-refractivity contribution in [2.75, 3.05) is 13.2 Å². The first kappa shape index (κ1) is 22.9. The van der Waals surface area contributed by atoms with Crippen LogP contribution in [-0.4, -0.2) is 42.5 Å². The number of hydrogen-bond acceptors (Lipinski definition) is 4. The fourth-order valence-corrected chi connectivity index (χ4v) is 3.73. The lowest BCUT2D eigenvalue weighted by Crippen LogP contribution is -2.53. The third-order valence-corrected chi connectivity index (χ3v) is 5.43. The van der Waals surface area contributed by atoms with E-state index in [1.165, 1.54) is 0 Å². The van der Waals surface area contributed by atoms with Crippen molar-refractivity contribution in [1.29, 1.82) is 0 Å². The summed E-state index contributed by atoms with van der Waals surface area (Å²) in [6, 6.07) is 9.18. The minimum atomic E-state index is -4.90. The summed E-state index contributed by atoms with van der Waals surface area (Å²) in [7, 11) is 0. The quantitative estimate of drug-likeness (QED) is 0.528. The first-order chi connectivity index (χ1) is 13.8. The molecule has 0 unspecified atom stereocenters. The normalized spacial score (nSPS) is 17.5. The van der Waals surface area contributed by atoms with Crippen molar-refractivity contribution >= 4 is 18.3 Å². The molecule has 0 bridgehead atoms. The van der Waals surface area contributed by atoms with Gasteiger partial charge in [-0.05, 0) is 31.2 Å². The van der Waals surface area contributed by atoms with E-state index in [0.717, 1.165) is 5.56 Å². The Bertz CT molecular complexity index is 708. The molecular weight excluding hydrogens is 387 g/mol. The monoisotopic (exact) mass is 413 g/mol. The maximum atomic E-state index is 14.1. The van der Waals surface area contributed by atoms with Crippen LogP contribution in [0.1, 0.15) is 44.6 Å². The molecule has 0 N–H and O–H groups in total. The maximum absolute atomic E-state index is 14.1. The van der Waals surface area contributed by atoms with Gasteiger partial charge in [0, 0.05) is 0 Å². The van der Waals surface area contributed by atoms with Crippen LogP contribution in [0.2, 0.25) is 0 Å². The smallest absolute Gasteiger partial charge is 0.416 e. The number of rotatable bonds is 10. The van der Waals surface area contributed by atoms with Crippen LogP contribution >= 0.6 is 0 Å². The molecule has 160 valence electrons. The minimum absolute atomic E-state index is 0.0592. The topological polar surface area (TPSA) is 63.7 Å². The summed E-state index contributed by atoms with van der Waals surface area (Å²) < 4.78 is 47.1. The highest BCUT2D eigenvalue weighted by Crippen LogP contribution is 2.49. The summed E-state index contributed by atoms with van der Waals surface area (Å²) in [5.41, 5.74) is -1.89. The van der Waals surface area contributed by atoms with Gasteiger partial charge in [0.05, 0.1) is 12.5 Å². The fraction of sp³-hybridized carbons (Fsp3) is 0.571. The van der Waals surface area contributed by atoms with Gasteiger partial charge in [-0.3, -0.25) is 4.79 Å². The number of ether oxygens (including phenoxy) is 1. The van der Waals surface area contributed by atoms with Gasteiger partial charge in [-0.25, -0.2) is 9.69 Å². The number of carbonyl (C=O) groups is 3. The van der Waals surface area contributed by atoms with Crippen LogP contribution in [0.4, 0.5) is 18.0 Å². The molecule has 8 heteroatoms. The highest BCUT2D eigenvalue weighted by molar-refractivity contribution is 5.96. The highest BCUT2D eigenvalue weighted by atomic mass is 19.4. The average molecular weight is 413 g/mol. The van der Waals surface area contributed by atoms with E-state index in [0.29, 0.717) is 17.7 Å². The van der Waals surface area contributed by atoms with Gasteiger partial charge in [0.1, 0.15) is 18.3 Å². The Hall–Kier alpha value is -2.38. The summed E-state index contributed by atoms with van der Waals surface area (Å²) in [5, 5.41) is 0. The summed E-state index contributed by atoms with van der Waals surface area (Å²) in [4.78, 5) is 37.3. The lowest BCUT2D eigenvalue weighted by atomic mass is 9.69. The van der Waals surface area contributed by atoms with Crippen LogP contribution in [0, 0.1) is 11.3 Å². The lowest BCUT2D eigenvalue weighted by Gasteiger charge is -2.38. The second kappa shape index (κ2) is 9.89. The SMILES string of the molecule is CCCC[C@@](C=O)([C@H](CCCc1ccccc1)C(=O)N1CCOC1=O)C(F)(F)F. The predicted octanol–water partition coefficient (Wildman–Crippen LogP) is 4.54. The third kappa shape index (κ3) is 5.16. The zero-order chi connectivity index (χ0) is 21.5. The minimum Gasteiger partial charge on any atom is -0.447 e. The largest absolute Gasteiger partial charge is 0.447 e. The van der Waals surface area contributed by atoms with Crippen LogP contribution in [0.25, 0.3) is 0 Å². The molecule has 0 aromatic heterocycles. The predicted molar refractivity (Wildman–Crippen MR) is 100 cm³/mol. The second-order valence-corrected chi connectivity index (χ2v) is 7.29. The van der Waals surface area contributed by atoms with Crippen molar-refractivity contribution in [3.05, 3.63) is 35.9 Å². The van der Waals surface area contributed by atoms with Gasteiger partial charge in [-0.1, -0.05) is 50.1 Å². The first-order valence-electron chi connectivity index (χ1n) is 9.82. The molecule has 1 aromatic rings. The molecule has 1 saturated heterocycles. The van der Waals surface area contributed by atoms with E-state index in [2.05, 4.69) is 0 Å². The Morgan fingerprint density at radius 1 is 1.24 bits per heavy atom. The average Bonchev–Trinajstić information content (AvgIpc) is 3.12. The van der Waals surface area contributed by atoms with Gasteiger partial charge < -0.3 is 9.53 Å². The highest BCUT2D eigenvalue weighted by Gasteiger charge is 2.61. The number of benzene rings is 1. The Labute approximate surface area is 168 Å².